The van der Waals surface area contributed by atoms with Gasteiger partial charge in [-0.15, -0.1) is 0 Å². The first kappa shape index (κ1) is 13.5. The van der Waals surface area contributed by atoms with Crippen LogP contribution in [-0.2, 0) is 6.42 Å². The van der Waals surface area contributed by atoms with E-state index in [1.165, 1.54) is 5.56 Å². The molecule has 1 aliphatic heterocycles. The van der Waals surface area contributed by atoms with E-state index in [9.17, 15) is 4.79 Å². The van der Waals surface area contributed by atoms with Crippen LogP contribution in [0.3, 0.4) is 0 Å². The van der Waals surface area contributed by atoms with Gasteiger partial charge in [-0.3, -0.25) is 4.79 Å². The molecule has 1 heterocycles. The number of rotatable bonds is 4. The van der Waals surface area contributed by atoms with Gasteiger partial charge in [0.2, 0.25) is 0 Å². The highest BCUT2D eigenvalue weighted by Crippen LogP contribution is 2.25. The molecule has 21 heavy (non-hydrogen) atoms. The molecule has 0 spiro atoms. The molecule has 0 atom stereocenters. The van der Waals surface area contributed by atoms with Gasteiger partial charge in [-0.05, 0) is 61.4 Å². The minimum Gasteiger partial charge on any atom is -0.494 e. The van der Waals surface area contributed by atoms with Crippen LogP contribution >= 0.6 is 0 Å². The normalized spacial score (nSPS) is 12.4. The summed E-state index contributed by atoms with van der Waals surface area (Å²) < 4.78 is 5.37. The van der Waals surface area contributed by atoms with Crippen LogP contribution in [0, 0.1) is 0 Å². The first-order valence-corrected chi connectivity index (χ1v) is 7.17. The largest absolute Gasteiger partial charge is 0.494 e. The van der Waals surface area contributed by atoms with Crippen molar-refractivity contribution in [2.24, 2.45) is 0 Å². The van der Waals surface area contributed by atoms with Crippen molar-refractivity contribution in [2.75, 3.05) is 23.8 Å². The number of nitrogens with one attached hydrogen (secondary N) is 2. The number of carbonyl (C=O) groups excluding carboxylic acids is 1. The predicted molar refractivity (Wildman–Crippen MR) is 84.2 cm³/mol. The zero-order chi connectivity index (χ0) is 14.7. The fourth-order valence-electron chi connectivity index (χ4n) is 2.46. The summed E-state index contributed by atoms with van der Waals surface area (Å²) in [5.41, 5.74) is 3.86. The van der Waals surface area contributed by atoms with E-state index in [1.54, 1.807) is 12.1 Å². The predicted octanol–water partition coefficient (Wildman–Crippen LogP) is 3.31. The van der Waals surface area contributed by atoms with Gasteiger partial charge < -0.3 is 15.4 Å². The smallest absolute Gasteiger partial charge is 0.255 e. The maximum atomic E-state index is 12.2. The number of benzene rings is 2. The SMILES string of the molecule is CCOc1ccc(C(=O)Nc2ccc3c(c2)CCN3)cc1. The summed E-state index contributed by atoms with van der Waals surface area (Å²) in [7, 11) is 0. The van der Waals surface area contributed by atoms with Crippen molar-refractivity contribution in [3.05, 3.63) is 53.6 Å². The van der Waals surface area contributed by atoms with Crippen molar-refractivity contribution in [1.29, 1.82) is 0 Å². The highest BCUT2D eigenvalue weighted by atomic mass is 16.5. The average molecular weight is 282 g/mol. The van der Waals surface area contributed by atoms with Crippen LogP contribution in [0.2, 0.25) is 0 Å². The molecule has 0 fully saturated rings. The summed E-state index contributed by atoms with van der Waals surface area (Å²) in [6, 6.07) is 13.1. The number of amides is 1. The molecular formula is C17H18N2O2. The Kier molecular flexibility index (Phi) is 3.77. The summed E-state index contributed by atoms with van der Waals surface area (Å²) in [6.45, 7) is 3.52. The topological polar surface area (TPSA) is 50.4 Å². The Morgan fingerprint density at radius 1 is 1.24 bits per heavy atom. The fraction of sp³-hybridized carbons (Fsp3) is 0.235. The third-order valence-corrected chi connectivity index (χ3v) is 3.50. The van der Waals surface area contributed by atoms with Gasteiger partial charge in [-0.1, -0.05) is 0 Å². The fourth-order valence-corrected chi connectivity index (χ4v) is 2.46. The lowest BCUT2D eigenvalue weighted by Crippen LogP contribution is -2.11. The van der Waals surface area contributed by atoms with Crippen molar-refractivity contribution < 1.29 is 9.53 Å². The zero-order valence-corrected chi connectivity index (χ0v) is 12.0. The van der Waals surface area contributed by atoms with Gasteiger partial charge in [0.1, 0.15) is 5.75 Å². The average Bonchev–Trinajstić information content (AvgIpc) is 2.96. The number of hydrogen-bond acceptors (Lipinski definition) is 3. The van der Waals surface area contributed by atoms with Crippen LogP contribution in [0.5, 0.6) is 5.75 Å². The highest BCUT2D eigenvalue weighted by molar-refractivity contribution is 6.04. The minimum absolute atomic E-state index is 0.107. The molecule has 0 unspecified atom stereocenters. The lowest BCUT2D eigenvalue weighted by Gasteiger charge is -2.08. The second-order valence-electron chi connectivity index (χ2n) is 4.96. The molecule has 2 aromatic rings. The summed E-state index contributed by atoms with van der Waals surface area (Å²) >= 11 is 0. The van der Waals surface area contributed by atoms with E-state index in [0.717, 1.165) is 30.1 Å². The van der Waals surface area contributed by atoms with Crippen LogP contribution in [0.1, 0.15) is 22.8 Å². The second-order valence-corrected chi connectivity index (χ2v) is 4.96. The Bertz CT molecular complexity index is 650. The van der Waals surface area contributed by atoms with Crippen LogP contribution < -0.4 is 15.4 Å². The molecule has 0 radical (unpaired) electrons. The first-order valence-electron chi connectivity index (χ1n) is 7.17. The van der Waals surface area contributed by atoms with Crippen LogP contribution in [0.25, 0.3) is 0 Å². The van der Waals surface area contributed by atoms with Crippen molar-refractivity contribution in [2.45, 2.75) is 13.3 Å². The van der Waals surface area contributed by atoms with Crippen molar-refractivity contribution in [1.82, 2.24) is 0 Å². The monoisotopic (exact) mass is 282 g/mol. The van der Waals surface area contributed by atoms with Gasteiger partial charge in [0.25, 0.3) is 5.91 Å². The van der Waals surface area contributed by atoms with E-state index < -0.39 is 0 Å². The molecular weight excluding hydrogens is 264 g/mol. The second kappa shape index (κ2) is 5.87. The molecule has 0 saturated carbocycles. The minimum atomic E-state index is -0.107. The number of hydrogen-bond donors (Lipinski definition) is 2. The highest BCUT2D eigenvalue weighted by Gasteiger charge is 2.12. The number of fused-ring (bicyclic) bond motifs is 1. The molecule has 3 rings (SSSR count). The Labute approximate surface area is 124 Å². The van der Waals surface area contributed by atoms with Gasteiger partial charge in [-0.25, -0.2) is 0 Å². The Morgan fingerprint density at radius 3 is 2.81 bits per heavy atom. The van der Waals surface area contributed by atoms with Gasteiger partial charge in [0, 0.05) is 23.5 Å². The van der Waals surface area contributed by atoms with Crippen molar-refractivity contribution >= 4 is 17.3 Å². The van der Waals surface area contributed by atoms with E-state index in [2.05, 4.69) is 10.6 Å². The lowest BCUT2D eigenvalue weighted by molar-refractivity contribution is 0.102. The number of carbonyl (C=O) groups is 1. The summed E-state index contributed by atoms with van der Waals surface area (Å²) in [4.78, 5) is 12.2. The molecule has 4 heteroatoms. The molecule has 1 amide bonds. The van der Waals surface area contributed by atoms with Crippen molar-refractivity contribution in [3.63, 3.8) is 0 Å². The lowest BCUT2D eigenvalue weighted by atomic mass is 10.1. The van der Waals surface area contributed by atoms with E-state index in [1.807, 2.05) is 37.3 Å². The maximum Gasteiger partial charge on any atom is 0.255 e. The van der Waals surface area contributed by atoms with E-state index in [4.69, 9.17) is 4.74 Å². The molecule has 0 bridgehead atoms. The molecule has 2 N–H and O–H groups in total. The summed E-state index contributed by atoms with van der Waals surface area (Å²) in [5.74, 6) is 0.668. The zero-order valence-electron chi connectivity index (χ0n) is 12.0. The molecule has 4 nitrogen and oxygen atoms in total. The maximum absolute atomic E-state index is 12.2. The number of ether oxygens (including phenoxy) is 1. The third kappa shape index (κ3) is 2.99. The van der Waals surface area contributed by atoms with E-state index in [-0.39, 0.29) is 5.91 Å². The van der Waals surface area contributed by atoms with Crippen LogP contribution in [0.15, 0.2) is 42.5 Å². The van der Waals surface area contributed by atoms with Crippen LogP contribution in [-0.4, -0.2) is 19.1 Å². The Balaban J connectivity index is 1.71. The van der Waals surface area contributed by atoms with Crippen molar-refractivity contribution in [3.8, 4) is 5.75 Å². The van der Waals surface area contributed by atoms with E-state index >= 15 is 0 Å². The molecule has 0 aliphatic carbocycles. The molecule has 0 saturated heterocycles. The quantitative estimate of drug-likeness (QED) is 0.904. The van der Waals surface area contributed by atoms with Gasteiger partial charge in [0.05, 0.1) is 6.61 Å². The van der Waals surface area contributed by atoms with Gasteiger partial charge >= 0.3 is 0 Å². The molecule has 0 aromatic heterocycles. The Hall–Kier alpha value is -2.49. The standard InChI is InChI=1S/C17H18N2O2/c1-2-21-15-6-3-12(4-7-15)17(20)19-14-5-8-16-13(11-14)9-10-18-16/h3-8,11,18H,2,9-10H2,1H3,(H,19,20). The Morgan fingerprint density at radius 2 is 2.05 bits per heavy atom. The van der Waals surface area contributed by atoms with Crippen LogP contribution in [0.4, 0.5) is 11.4 Å². The van der Waals surface area contributed by atoms with E-state index in [0.29, 0.717) is 12.2 Å². The van der Waals surface area contributed by atoms with Gasteiger partial charge in [-0.2, -0.15) is 0 Å². The summed E-state index contributed by atoms with van der Waals surface area (Å²) in [5, 5.41) is 6.24. The summed E-state index contributed by atoms with van der Waals surface area (Å²) in [6.07, 6.45) is 1.00. The first-order chi connectivity index (χ1) is 10.3. The molecule has 1 aliphatic rings. The third-order valence-electron chi connectivity index (χ3n) is 3.50. The molecule has 2 aromatic carbocycles. The number of anilines is 2. The molecule has 108 valence electrons. The van der Waals surface area contributed by atoms with Gasteiger partial charge in [0.15, 0.2) is 0 Å².